The molecule has 0 aliphatic heterocycles. The highest BCUT2D eigenvalue weighted by molar-refractivity contribution is 5.80. The summed E-state index contributed by atoms with van der Waals surface area (Å²) < 4.78 is 0. The van der Waals surface area contributed by atoms with E-state index in [1.54, 1.807) is 0 Å². The molecule has 0 fully saturated rings. The zero-order valence-electron chi connectivity index (χ0n) is 47.3. The smallest absolute Gasteiger partial charge is 0.249 e. The van der Waals surface area contributed by atoms with Gasteiger partial charge in [-0.3, -0.25) is 4.79 Å². The Morgan fingerprint density at radius 3 is 0.857 bits per heavy atom. The van der Waals surface area contributed by atoms with Crippen molar-refractivity contribution < 1.29 is 25.2 Å². The molecule has 70 heavy (non-hydrogen) atoms. The molecule has 0 rings (SSSR count). The molecule has 0 saturated carbocycles. The predicted octanol–water partition coefficient (Wildman–Crippen LogP) is 19.0. The highest BCUT2D eigenvalue weighted by Gasteiger charge is 2.28. The van der Waals surface area contributed by atoms with E-state index in [1.165, 1.54) is 283 Å². The second-order valence-electron chi connectivity index (χ2n) is 22.1. The van der Waals surface area contributed by atoms with E-state index in [4.69, 9.17) is 0 Å². The number of carbonyl (C=O) groups excluding carboxylic acids is 1. The zero-order chi connectivity index (χ0) is 50.9. The molecule has 0 radical (unpaired) electrons. The van der Waals surface area contributed by atoms with Crippen molar-refractivity contribution in [3.05, 3.63) is 24.3 Å². The van der Waals surface area contributed by atoms with Gasteiger partial charge >= 0.3 is 0 Å². The van der Waals surface area contributed by atoms with E-state index < -0.39 is 36.9 Å². The molecule has 0 aliphatic carbocycles. The molecular formula is C64H125NO5. The molecule has 0 aromatic heterocycles. The molecule has 0 aromatic carbocycles. The first-order valence-corrected chi connectivity index (χ1v) is 31.7. The SMILES string of the molecule is CCCCCCCCCCCCCC/C=C\CCCCCCCCCCCCC(O)C(=O)NC(CO)C(O)C(O)CCC/C=C/CCCCCCCCCCCCCCCCCCCCCCCCC. The Labute approximate surface area is 437 Å². The minimum atomic E-state index is -1.28. The fourth-order valence-electron chi connectivity index (χ4n) is 10.2. The molecule has 6 nitrogen and oxygen atoms in total. The average molecular weight is 989 g/mol. The molecule has 5 N–H and O–H groups in total. The molecule has 0 aliphatic rings. The number of nitrogens with one attached hydrogen (secondary N) is 1. The van der Waals surface area contributed by atoms with Gasteiger partial charge in [-0.1, -0.05) is 308 Å². The number of rotatable bonds is 59. The van der Waals surface area contributed by atoms with Crippen LogP contribution in [0.25, 0.3) is 0 Å². The molecule has 4 unspecified atom stereocenters. The molecule has 0 spiro atoms. The van der Waals surface area contributed by atoms with Crippen molar-refractivity contribution in [2.45, 2.75) is 372 Å². The van der Waals surface area contributed by atoms with E-state index in [0.717, 1.165) is 38.5 Å². The van der Waals surface area contributed by atoms with Crippen LogP contribution < -0.4 is 5.32 Å². The van der Waals surface area contributed by atoms with Gasteiger partial charge in [-0.2, -0.15) is 0 Å². The van der Waals surface area contributed by atoms with Gasteiger partial charge in [0.1, 0.15) is 12.2 Å². The van der Waals surface area contributed by atoms with E-state index in [2.05, 4.69) is 43.5 Å². The molecule has 416 valence electrons. The summed E-state index contributed by atoms with van der Waals surface area (Å²) in [6.45, 7) is 4.09. The fraction of sp³-hybridized carbons (Fsp3) is 0.922. The van der Waals surface area contributed by atoms with Gasteiger partial charge in [-0.15, -0.1) is 0 Å². The Bertz CT molecular complexity index is 1060. The Hall–Kier alpha value is -1.21. The normalized spacial score (nSPS) is 13.7. The summed E-state index contributed by atoms with van der Waals surface area (Å²) in [6.07, 6.45) is 72.8. The van der Waals surface area contributed by atoms with Crippen molar-refractivity contribution in [1.82, 2.24) is 5.32 Å². The number of hydrogen-bond acceptors (Lipinski definition) is 5. The Morgan fingerprint density at radius 2 is 0.586 bits per heavy atom. The predicted molar refractivity (Wildman–Crippen MR) is 307 cm³/mol. The van der Waals surface area contributed by atoms with Crippen LogP contribution in [-0.4, -0.2) is 57.3 Å². The topological polar surface area (TPSA) is 110 Å². The number of carbonyl (C=O) groups is 1. The van der Waals surface area contributed by atoms with Crippen molar-refractivity contribution in [3.63, 3.8) is 0 Å². The monoisotopic (exact) mass is 988 g/mol. The molecule has 1 amide bonds. The molecule has 0 bridgehead atoms. The van der Waals surface area contributed by atoms with Gasteiger partial charge in [0.25, 0.3) is 0 Å². The van der Waals surface area contributed by atoms with Crippen molar-refractivity contribution in [2.75, 3.05) is 6.61 Å². The van der Waals surface area contributed by atoms with E-state index in [-0.39, 0.29) is 0 Å². The second-order valence-corrected chi connectivity index (χ2v) is 22.1. The fourth-order valence-corrected chi connectivity index (χ4v) is 10.2. The number of aliphatic hydroxyl groups excluding tert-OH is 4. The Morgan fingerprint density at radius 1 is 0.343 bits per heavy atom. The molecule has 0 heterocycles. The summed E-state index contributed by atoms with van der Waals surface area (Å²) in [4.78, 5) is 12.6. The van der Waals surface area contributed by atoms with Crippen LogP contribution in [0.2, 0.25) is 0 Å². The average Bonchev–Trinajstić information content (AvgIpc) is 3.36. The van der Waals surface area contributed by atoms with Crippen LogP contribution in [0.1, 0.15) is 348 Å². The third kappa shape index (κ3) is 51.7. The standard InChI is InChI=1S/C64H125NO5/c1-3-5-7-9-11-13-15-17-19-21-23-25-27-29-31-32-34-35-37-39-41-43-45-47-49-51-53-55-57-61(67)63(69)60(59-66)65-64(70)62(68)58-56-54-52-50-48-46-44-42-40-38-36-33-30-28-26-24-22-20-18-16-14-12-10-8-6-4-2/h30,33,49,51,60-63,66-69H,3-29,31-32,34-48,50,52-59H2,1-2H3,(H,65,70)/b33-30-,51-49+. The largest absolute Gasteiger partial charge is 0.394 e. The number of hydrogen-bond donors (Lipinski definition) is 5. The summed E-state index contributed by atoms with van der Waals surface area (Å²) >= 11 is 0. The van der Waals surface area contributed by atoms with Crippen LogP contribution >= 0.6 is 0 Å². The molecule has 6 heteroatoms. The Kier molecular flexibility index (Phi) is 57.7. The van der Waals surface area contributed by atoms with Gasteiger partial charge < -0.3 is 25.7 Å². The minimum Gasteiger partial charge on any atom is -0.394 e. The zero-order valence-corrected chi connectivity index (χ0v) is 47.3. The van der Waals surface area contributed by atoms with Crippen molar-refractivity contribution in [3.8, 4) is 0 Å². The van der Waals surface area contributed by atoms with Crippen LogP contribution in [0.3, 0.4) is 0 Å². The maximum atomic E-state index is 12.6. The number of allylic oxidation sites excluding steroid dienone is 4. The van der Waals surface area contributed by atoms with E-state index in [1.807, 2.05) is 0 Å². The van der Waals surface area contributed by atoms with Crippen LogP contribution in [-0.2, 0) is 4.79 Å². The first kappa shape index (κ1) is 68.8. The molecule has 0 aromatic rings. The molecular weight excluding hydrogens is 863 g/mol. The highest BCUT2D eigenvalue weighted by Crippen LogP contribution is 2.18. The summed E-state index contributed by atoms with van der Waals surface area (Å²) in [5.41, 5.74) is 0. The van der Waals surface area contributed by atoms with Crippen LogP contribution in [0.4, 0.5) is 0 Å². The number of unbranched alkanes of at least 4 members (excludes halogenated alkanes) is 46. The lowest BCUT2D eigenvalue weighted by Crippen LogP contribution is -2.53. The summed E-state index contributed by atoms with van der Waals surface area (Å²) in [7, 11) is 0. The van der Waals surface area contributed by atoms with Gasteiger partial charge in [0.2, 0.25) is 5.91 Å². The lowest BCUT2D eigenvalue weighted by molar-refractivity contribution is -0.132. The second kappa shape index (κ2) is 58.7. The van der Waals surface area contributed by atoms with Crippen LogP contribution in [0.15, 0.2) is 24.3 Å². The first-order chi connectivity index (χ1) is 34.5. The third-order valence-corrected chi connectivity index (χ3v) is 15.1. The van der Waals surface area contributed by atoms with Gasteiger partial charge in [0, 0.05) is 0 Å². The first-order valence-electron chi connectivity index (χ1n) is 31.7. The quantitative estimate of drug-likeness (QED) is 0.0308. The van der Waals surface area contributed by atoms with E-state index in [9.17, 15) is 25.2 Å². The van der Waals surface area contributed by atoms with Gasteiger partial charge in [-0.25, -0.2) is 0 Å². The lowest BCUT2D eigenvalue weighted by atomic mass is 10.00. The third-order valence-electron chi connectivity index (χ3n) is 15.1. The lowest BCUT2D eigenvalue weighted by Gasteiger charge is -2.27. The van der Waals surface area contributed by atoms with Crippen molar-refractivity contribution in [1.29, 1.82) is 0 Å². The van der Waals surface area contributed by atoms with Crippen molar-refractivity contribution >= 4 is 5.91 Å². The van der Waals surface area contributed by atoms with Gasteiger partial charge in [-0.05, 0) is 64.2 Å². The maximum absolute atomic E-state index is 12.6. The van der Waals surface area contributed by atoms with Gasteiger partial charge in [0.15, 0.2) is 0 Å². The minimum absolute atomic E-state index is 0.363. The van der Waals surface area contributed by atoms with Crippen molar-refractivity contribution in [2.24, 2.45) is 0 Å². The molecule has 0 saturated heterocycles. The van der Waals surface area contributed by atoms with E-state index in [0.29, 0.717) is 12.8 Å². The molecule has 4 atom stereocenters. The maximum Gasteiger partial charge on any atom is 0.249 e. The Balaban J connectivity index is 3.60. The van der Waals surface area contributed by atoms with Gasteiger partial charge in [0.05, 0.1) is 18.8 Å². The number of aliphatic hydroxyl groups is 4. The summed E-state index contributed by atoms with van der Waals surface area (Å²) in [5, 5.41) is 44.1. The van der Waals surface area contributed by atoms with E-state index >= 15 is 0 Å². The van der Waals surface area contributed by atoms with Crippen LogP contribution in [0, 0.1) is 0 Å². The highest BCUT2D eigenvalue weighted by atomic mass is 16.3. The van der Waals surface area contributed by atoms with Crippen LogP contribution in [0.5, 0.6) is 0 Å². The number of amides is 1. The summed E-state index contributed by atoms with van der Waals surface area (Å²) in [6, 6.07) is -1.00. The summed E-state index contributed by atoms with van der Waals surface area (Å²) in [5.74, 6) is -0.589.